The Labute approximate surface area is 191 Å². The summed E-state index contributed by atoms with van der Waals surface area (Å²) in [7, 11) is 1.66. The van der Waals surface area contributed by atoms with Gasteiger partial charge in [0, 0.05) is 22.9 Å². The molecule has 0 amide bonds. The van der Waals surface area contributed by atoms with E-state index in [1.54, 1.807) is 7.11 Å². The van der Waals surface area contributed by atoms with Crippen LogP contribution >= 0.6 is 11.3 Å². The number of rotatable bonds is 5. The Morgan fingerprint density at radius 1 is 1.06 bits per heavy atom. The summed E-state index contributed by atoms with van der Waals surface area (Å²) in [5.74, 6) is 1.68. The number of thiazole rings is 1. The van der Waals surface area contributed by atoms with E-state index in [4.69, 9.17) is 19.6 Å². The molecule has 1 atom stereocenters. The molecule has 0 saturated heterocycles. The van der Waals surface area contributed by atoms with Crippen molar-refractivity contribution in [3.8, 4) is 22.8 Å². The van der Waals surface area contributed by atoms with Crippen molar-refractivity contribution in [2.45, 2.75) is 19.4 Å². The van der Waals surface area contributed by atoms with Crippen LogP contribution in [0.1, 0.15) is 29.2 Å². The Morgan fingerprint density at radius 3 is 2.66 bits per heavy atom. The molecule has 32 heavy (non-hydrogen) atoms. The van der Waals surface area contributed by atoms with Crippen LogP contribution in [0.5, 0.6) is 11.5 Å². The van der Waals surface area contributed by atoms with Crippen molar-refractivity contribution in [1.29, 1.82) is 0 Å². The van der Waals surface area contributed by atoms with E-state index in [2.05, 4.69) is 36.6 Å². The van der Waals surface area contributed by atoms with Crippen LogP contribution in [0.2, 0.25) is 0 Å². The number of hydrogen-bond acceptors (Lipinski definition) is 6. The van der Waals surface area contributed by atoms with E-state index in [9.17, 15) is 0 Å². The zero-order chi connectivity index (χ0) is 21.9. The Hall–Kier alpha value is -3.64. The maximum Gasteiger partial charge on any atom is 0.203 e. The lowest BCUT2D eigenvalue weighted by molar-refractivity contribution is 0.206. The van der Waals surface area contributed by atoms with Gasteiger partial charge in [-0.1, -0.05) is 42.0 Å². The number of benzene rings is 3. The van der Waals surface area contributed by atoms with Gasteiger partial charge in [0.15, 0.2) is 0 Å². The maximum atomic E-state index is 6.30. The molecule has 4 aromatic rings. The van der Waals surface area contributed by atoms with Gasteiger partial charge in [0.25, 0.3) is 0 Å². The molecule has 0 spiro atoms. The number of aryl methyl sites for hydroxylation is 1. The zero-order valence-electron chi connectivity index (χ0n) is 17.9. The van der Waals surface area contributed by atoms with Crippen LogP contribution in [0.4, 0.5) is 5.13 Å². The van der Waals surface area contributed by atoms with Crippen LogP contribution in [-0.2, 0) is 0 Å². The lowest BCUT2D eigenvalue weighted by Crippen LogP contribution is -2.22. The van der Waals surface area contributed by atoms with Gasteiger partial charge in [0.05, 0.1) is 18.5 Å². The number of anilines is 1. The molecule has 0 aliphatic carbocycles. The maximum absolute atomic E-state index is 6.30. The largest absolute Gasteiger partial charge is 0.497 e. The molecule has 1 aliphatic rings. The molecule has 3 aromatic carbocycles. The summed E-state index contributed by atoms with van der Waals surface area (Å²) in [4.78, 5) is 4.70. The van der Waals surface area contributed by atoms with Gasteiger partial charge in [-0.15, -0.1) is 11.3 Å². The lowest BCUT2D eigenvalue weighted by atomic mass is 9.94. The second kappa shape index (κ2) is 8.85. The van der Waals surface area contributed by atoms with Gasteiger partial charge in [-0.3, -0.25) is 5.43 Å². The third kappa shape index (κ3) is 4.22. The first-order valence-electron chi connectivity index (χ1n) is 10.4. The van der Waals surface area contributed by atoms with Gasteiger partial charge in [0.2, 0.25) is 5.13 Å². The predicted molar refractivity (Wildman–Crippen MR) is 130 cm³/mol. The van der Waals surface area contributed by atoms with Gasteiger partial charge >= 0.3 is 0 Å². The predicted octanol–water partition coefficient (Wildman–Crippen LogP) is 6.47. The number of nitrogens with zero attached hydrogens (tertiary/aromatic N) is 2. The van der Waals surface area contributed by atoms with Crippen molar-refractivity contribution in [2.24, 2.45) is 5.10 Å². The van der Waals surface area contributed by atoms with Crippen molar-refractivity contribution in [3.05, 3.63) is 94.9 Å². The second-order valence-corrected chi connectivity index (χ2v) is 8.52. The number of nitrogens with one attached hydrogen (secondary N) is 1. The minimum absolute atomic E-state index is 0.0712. The van der Waals surface area contributed by atoms with Crippen molar-refractivity contribution < 1.29 is 9.47 Å². The monoisotopic (exact) mass is 441 g/mol. The zero-order valence-corrected chi connectivity index (χ0v) is 18.7. The third-order valence-corrected chi connectivity index (χ3v) is 6.19. The average molecular weight is 442 g/mol. The van der Waals surface area contributed by atoms with Crippen molar-refractivity contribution in [3.63, 3.8) is 0 Å². The Morgan fingerprint density at radius 2 is 1.88 bits per heavy atom. The molecule has 1 aromatic heterocycles. The number of fused-ring (bicyclic) bond motifs is 1. The number of methoxy groups -OCH3 is 1. The molecule has 6 heteroatoms. The molecule has 0 fully saturated rings. The summed E-state index contributed by atoms with van der Waals surface area (Å²) in [6, 6.07) is 24.4. The molecule has 0 radical (unpaired) electrons. The highest BCUT2D eigenvalue weighted by Gasteiger charge is 2.26. The lowest BCUT2D eigenvalue weighted by Gasteiger charge is -2.27. The van der Waals surface area contributed by atoms with Crippen LogP contribution in [0, 0.1) is 6.92 Å². The minimum Gasteiger partial charge on any atom is -0.497 e. The van der Waals surface area contributed by atoms with Crippen molar-refractivity contribution in [1.82, 2.24) is 4.98 Å². The summed E-state index contributed by atoms with van der Waals surface area (Å²) >= 11 is 1.53. The molecule has 0 saturated carbocycles. The van der Waals surface area contributed by atoms with E-state index in [0.29, 0.717) is 6.42 Å². The Bertz CT molecular complexity index is 1250. The molecule has 2 heterocycles. The molecule has 1 N–H and O–H groups in total. The van der Waals surface area contributed by atoms with Crippen LogP contribution < -0.4 is 14.9 Å². The highest BCUT2D eigenvalue weighted by atomic mass is 32.1. The van der Waals surface area contributed by atoms with Crippen LogP contribution in [0.3, 0.4) is 0 Å². The molecule has 0 unspecified atom stereocenters. The van der Waals surface area contributed by atoms with Crippen LogP contribution in [0.15, 0.2) is 83.3 Å². The van der Waals surface area contributed by atoms with Gasteiger partial charge < -0.3 is 9.47 Å². The average Bonchev–Trinajstić information content (AvgIpc) is 3.32. The van der Waals surface area contributed by atoms with E-state index in [1.807, 2.05) is 53.9 Å². The van der Waals surface area contributed by atoms with Crippen LogP contribution in [-0.4, -0.2) is 17.8 Å². The molecular formula is C26H23N3O2S. The van der Waals surface area contributed by atoms with Gasteiger partial charge in [-0.2, -0.15) is 5.10 Å². The van der Waals surface area contributed by atoms with Crippen molar-refractivity contribution >= 4 is 22.2 Å². The van der Waals surface area contributed by atoms with E-state index < -0.39 is 0 Å². The summed E-state index contributed by atoms with van der Waals surface area (Å²) in [6.07, 6.45) is 0.614. The highest BCUT2D eigenvalue weighted by molar-refractivity contribution is 7.14. The van der Waals surface area contributed by atoms with E-state index in [0.717, 1.165) is 44.7 Å². The summed E-state index contributed by atoms with van der Waals surface area (Å²) < 4.78 is 11.5. The molecule has 160 valence electrons. The number of hydrazone groups is 1. The second-order valence-electron chi connectivity index (χ2n) is 7.66. The fourth-order valence-electron chi connectivity index (χ4n) is 3.75. The summed E-state index contributed by atoms with van der Waals surface area (Å²) in [6.45, 7) is 2.08. The van der Waals surface area contributed by atoms with Crippen molar-refractivity contribution in [2.75, 3.05) is 12.5 Å². The first-order valence-corrected chi connectivity index (χ1v) is 11.3. The quantitative estimate of drug-likeness (QED) is 0.361. The number of hydrogen-bond donors (Lipinski definition) is 1. The minimum atomic E-state index is -0.0712. The topological polar surface area (TPSA) is 55.7 Å². The Balaban J connectivity index is 1.41. The molecule has 5 nitrogen and oxygen atoms in total. The fourth-order valence-corrected chi connectivity index (χ4v) is 4.41. The van der Waals surface area contributed by atoms with Gasteiger partial charge in [0.1, 0.15) is 17.6 Å². The normalized spacial score (nSPS) is 16.3. The third-order valence-electron chi connectivity index (χ3n) is 5.44. The number of ether oxygens (including phenoxy) is 2. The molecular weight excluding hydrogens is 418 g/mol. The highest BCUT2D eigenvalue weighted by Crippen LogP contribution is 2.36. The first-order chi connectivity index (χ1) is 15.7. The van der Waals surface area contributed by atoms with E-state index in [1.165, 1.54) is 16.9 Å². The summed E-state index contributed by atoms with van der Waals surface area (Å²) in [5.41, 5.74) is 9.43. The Kier molecular flexibility index (Phi) is 5.60. The standard InChI is InChI=1S/C26H23N3O2S/c1-17-8-13-24-21(14-17)22(15-25(31-24)19-6-4-3-5-7-19)28-29-26-27-23(16-32-26)18-9-11-20(30-2)12-10-18/h3-14,16,25H,15H2,1-2H3,(H,27,29)/t25-/m0/s1. The smallest absolute Gasteiger partial charge is 0.203 e. The van der Waals surface area contributed by atoms with Crippen LogP contribution in [0.25, 0.3) is 11.3 Å². The number of aromatic nitrogens is 1. The molecule has 1 aliphatic heterocycles. The molecule has 5 rings (SSSR count). The molecule has 0 bridgehead atoms. The van der Waals surface area contributed by atoms with Gasteiger partial charge in [-0.25, -0.2) is 4.98 Å². The van der Waals surface area contributed by atoms with E-state index in [-0.39, 0.29) is 6.10 Å². The SMILES string of the molecule is COc1ccc(-c2csc(NN=C3C[C@@H](c4ccccc4)Oc4ccc(C)cc43)n2)cc1. The fraction of sp³-hybridized carbons (Fsp3) is 0.154. The van der Waals surface area contributed by atoms with Gasteiger partial charge in [-0.05, 0) is 48.9 Å². The van der Waals surface area contributed by atoms with E-state index >= 15 is 0 Å². The first kappa shape index (κ1) is 20.3. The summed E-state index contributed by atoms with van der Waals surface area (Å²) in [5, 5.41) is 7.54.